The van der Waals surface area contributed by atoms with Gasteiger partial charge in [0.2, 0.25) is 0 Å². The third-order valence-electron chi connectivity index (χ3n) is 5.08. The molecule has 1 aliphatic carbocycles. The minimum absolute atomic E-state index is 0.189. The largest absolute Gasteiger partial charge is 0.481 e. The number of nitrogens with one attached hydrogen (secondary N) is 1. The fourth-order valence-electron chi connectivity index (χ4n) is 3.23. The number of hydrogen-bond acceptors (Lipinski definition) is 2. The van der Waals surface area contributed by atoms with Crippen molar-refractivity contribution in [1.29, 1.82) is 0 Å². The molecule has 1 unspecified atom stereocenters. The Balaban J connectivity index is 1.58. The van der Waals surface area contributed by atoms with Crippen LogP contribution in [0.2, 0.25) is 0 Å². The van der Waals surface area contributed by atoms with Crippen molar-refractivity contribution in [2.75, 3.05) is 19.6 Å². The molecule has 1 saturated carbocycles. The molecule has 3 rings (SSSR count). The first-order valence-electron chi connectivity index (χ1n) is 8.15. The molecule has 1 aromatic carbocycles. The van der Waals surface area contributed by atoms with Crippen molar-refractivity contribution in [2.24, 2.45) is 5.92 Å². The first kappa shape index (κ1) is 17.6. The maximum Gasteiger partial charge on any atom is 0.416 e. The van der Waals surface area contributed by atoms with Gasteiger partial charge in [0.1, 0.15) is 0 Å². The summed E-state index contributed by atoms with van der Waals surface area (Å²) < 4.78 is 37.9. The van der Waals surface area contributed by atoms with Crippen LogP contribution in [0, 0.1) is 5.92 Å². The number of amides is 2. The number of rotatable bonds is 4. The van der Waals surface area contributed by atoms with Crippen molar-refractivity contribution in [3.63, 3.8) is 0 Å². The zero-order valence-corrected chi connectivity index (χ0v) is 13.5. The van der Waals surface area contributed by atoms with Crippen LogP contribution < -0.4 is 5.32 Å². The van der Waals surface area contributed by atoms with E-state index in [1.54, 1.807) is 0 Å². The van der Waals surface area contributed by atoms with Gasteiger partial charge in [0.25, 0.3) is 0 Å². The van der Waals surface area contributed by atoms with E-state index in [1.165, 1.54) is 17.0 Å². The summed E-state index contributed by atoms with van der Waals surface area (Å²) in [5.74, 6) is -1.44. The van der Waals surface area contributed by atoms with Gasteiger partial charge in [-0.15, -0.1) is 0 Å². The summed E-state index contributed by atoms with van der Waals surface area (Å²) >= 11 is 0. The monoisotopic (exact) mass is 356 g/mol. The molecule has 2 fully saturated rings. The molecular formula is C17H19F3N2O3. The van der Waals surface area contributed by atoms with E-state index in [-0.39, 0.29) is 18.0 Å². The molecule has 1 saturated heterocycles. The van der Waals surface area contributed by atoms with Crippen LogP contribution in [0.3, 0.4) is 0 Å². The van der Waals surface area contributed by atoms with Crippen LogP contribution in [0.4, 0.5) is 18.0 Å². The molecule has 8 heteroatoms. The SMILES string of the molecule is O=C(O)C1CCN(C(=O)NCC2(c3ccc(C(F)(F)F)cc3)CC2)C1. The molecule has 0 spiro atoms. The van der Waals surface area contributed by atoms with Gasteiger partial charge in [-0.25, -0.2) is 4.79 Å². The molecular weight excluding hydrogens is 337 g/mol. The fraction of sp³-hybridized carbons (Fsp3) is 0.529. The van der Waals surface area contributed by atoms with Crippen LogP contribution in [0.15, 0.2) is 24.3 Å². The Morgan fingerprint density at radius 3 is 2.36 bits per heavy atom. The number of urea groups is 1. The second-order valence-corrected chi connectivity index (χ2v) is 6.78. The second-order valence-electron chi connectivity index (χ2n) is 6.78. The van der Waals surface area contributed by atoms with E-state index < -0.39 is 23.6 Å². The van der Waals surface area contributed by atoms with Crippen molar-refractivity contribution in [1.82, 2.24) is 10.2 Å². The van der Waals surface area contributed by atoms with Gasteiger partial charge in [-0.05, 0) is 37.0 Å². The van der Waals surface area contributed by atoms with Gasteiger partial charge in [-0.1, -0.05) is 12.1 Å². The molecule has 2 aliphatic rings. The third-order valence-corrected chi connectivity index (χ3v) is 5.08. The lowest BCUT2D eigenvalue weighted by Crippen LogP contribution is -2.42. The van der Waals surface area contributed by atoms with Crippen molar-refractivity contribution in [3.05, 3.63) is 35.4 Å². The number of alkyl halides is 3. The molecule has 5 nitrogen and oxygen atoms in total. The van der Waals surface area contributed by atoms with Gasteiger partial charge in [0.15, 0.2) is 0 Å². The number of carbonyl (C=O) groups is 2. The number of halogens is 3. The van der Waals surface area contributed by atoms with Gasteiger partial charge in [-0.2, -0.15) is 13.2 Å². The maximum atomic E-state index is 12.6. The average Bonchev–Trinajstić information content (AvgIpc) is 3.18. The summed E-state index contributed by atoms with van der Waals surface area (Å²) in [6.45, 7) is 0.927. The highest BCUT2D eigenvalue weighted by molar-refractivity contribution is 5.77. The van der Waals surface area contributed by atoms with E-state index in [0.717, 1.165) is 30.5 Å². The Morgan fingerprint density at radius 2 is 1.88 bits per heavy atom. The summed E-state index contributed by atoms with van der Waals surface area (Å²) in [5, 5.41) is 11.8. The number of hydrogen-bond donors (Lipinski definition) is 2. The summed E-state index contributed by atoms with van der Waals surface area (Å²) in [4.78, 5) is 24.6. The van der Waals surface area contributed by atoms with E-state index in [4.69, 9.17) is 5.11 Å². The molecule has 1 atom stereocenters. The number of benzene rings is 1. The average molecular weight is 356 g/mol. The number of carboxylic acid groups (broad SMARTS) is 1. The van der Waals surface area contributed by atoms with E-state index in [0.29, 0.717) is 19.5 Å². The molecule has 0 radical (unpaired) electrons. The Labute approximate surface area is 142 Å². The first-order chi connectivity index (χ1) is 11.7. The van der Waals surface area contributed by atoms with Crippen molar-refractivity contribution in [2.45, 2.75) is 30.9 Å². The Kier molecular flexibility index (Phi) is 4.38. The molecule has 1 aromatic rings. The molecule has 25 heavy (non-hydrogen) atoms. The summed E-state index contributed by atoms with van der Waals surface area (Å²) in [6.07, 6.45) is -2.32. The third kappa shape index (κ3) is 3.72. The summed E-state index contributed by atoms with van der Waals surface area (Å²) in [6, 6.07) is 4.75. The second kappa shape index (κ2) is 6.24. The Bertz CT molecular complexity index is 669. The molecule has 1 aliphatic heterocycles. The van der Waals surface area contributed by atoms with Gasteiger partial charge >= 0.3 is 18.2 Å². The highest BCUT2D eigenvalue weighted by Crippen LogP contribution is 2.48. The molecule has 1 heterocycles. The zero-order valence-electron chi connectivity index (χ0n) is 13.5. The topological polar surface area (TPSA) is 69.6 Å². The van der Waals surface area contributed by atoms with Crippen LogP contribution in [-0.4, -0.2) is 41.6 Å². The molecule has 2 amide bonds. The highest BCUT2D eigenvalue weighted by Gasteiger charge is 2.45. The molecule has 136 valence electrons. The quantitative estimate of drug-likeness (QED) is 0.872. The van der Waals surface area contributed by atoms with Crippen LogP contribution in [0.5, 0.6) is 0 Å². The van der Waals surface area contributed by atoms with E-state index in [1.807, 2.05) is 0 Å². The minimum Gasteiger partial charge on any atom is -0.481 e. The van der Waals surface area contributed by atoms with E-state index in [2.05, 4.69) is 5.32 Å². The summed E-state index contributed by atoms with van der Waals surface area (Å²) in [7, 11) is 0. The van der Waals surface area contributed by atoms with E-state index in [9.17, 15) is 22.8 Å². The summed E-state index contributed by atoms with van der Waals surface area (Å²) in [5.41, 5.74) is -0.218. The number of nitrogens with zero attached hydrogens (tertiary/aromatic N) is 1. The standard InChI is InChI=1S/C17H19F3N2O3/c18-17(19,20)13-3-1-12(2-4-13)16(6-7-16)10-21-15(25)22-8-5-11(9-22)14(23)24/h1-4,11H,5-10H2,(H,21,25)(H,23,24). The first-order valence-corrected chi connectivity index (χ1v) is 8.15. The van der Waals surface area contributed by atoms with Crippen LogP contribution >= 0.6 is 0 Å². The lowest BCUT2D eigenvalue weighted by atomic mass is 9.95. The van der Waals surface area contributed by atoms with Gasteiger partial charge < -0.3 is 15.3 Å². The van der Waals surface area contributed by atoms with Crippen LogP contribution in [-0.2, 0) is 16.4 Å². The molecule has 0 bridgehead atoms. The Hall–Kier alpha value is -2.25. The van der Waals surface area contributed by atoms with Crippen LogP contribution in [0.1, 0.15) is 30.4 Å². The van der Waals surface area contributed by atoms with Crippen LogP contribution in [0.25, 0.3) is 0 Å². The smallest absolute Gasteiger partial charge is 0.416 e. The lowest BCUT2D eigenvalue weighted by molar-refractivity contribution is -0.141. The number of likely N-dealkylation sites (tertiary alicyclic amines) is 1. The predicted octanol–water partition coefficient (Wildman–Crippen LogP) is 2.85. The fourth-order valence-corrected chi connectivity index (χ4v) is 3.23. The molecule has 0 aromatic heterocycles. The predicted molar refractivity (Wildman–Crippen MR) is 83.1 cm³/mol. The zero-order chi connectivity index (χ0) is 18.2. The van der Waals surface area contributed by atoms with Gasteiger partial charge in [0.05, 0.1) is 11.5 Å². The normalized spacial score (nSPS) is 21.9. The lowest BCUT2D eigenvalue weighted by Gasteiger charge is -2.21. The molecule has 2 N–H and O–H groups in total. The van der Waals surface area contributed by atoms with Crippen molar-refractivity contribution >= 4 is 12.0 Å². The number of carbonyl (C=O) groups excluding carboxylic acids is 1. The van der Waals surface area contributed by atoms with Gasteiger partial charge in [0, 0.05) is 25.0 Å². The number of aliphatic carboxylic acids is 1. The van der Waals surface area contributed by atoms with Crippen molar-refractivity contribution in [3.8, 4) is 0 Å². The highest BCUT2D eigenvalue weighted by atomic mass is 19.4. The van der Waals surface area contributed by atoms with Crippen molar-refractivity contribution < 1.29 is 27.9 Å². The van der Waals surface area contributed by atoms with Gasteiger partial charge in [-0.3, -0.25) is 4.79 Å². The maximum absolute atomic E-state index is 12.6. The number of carboxylic acids is 1. The van der Waals surface area contributed by atoms with E-state index >= 15 is 0 Å². The Morgan fingerprint density at radius 1 is 1.24 bits per heavy atom. The minimum atomic E-state index is -4.36.